The maximum atomic E-state index is 12.6. The van der Waals surface area contributed by atoms with Crippen LogP contribution in [0.15, 0.2) is 48.5 Å². The number of ether oxygens (including phenoxy) is 1. The molecular formula is C20H20ClNO2. The van der Waals surface area contributed by atoms with Crippen LogP contribution in [0.1, 0.15) is 35.3 Å². The first-order valence-corrected chi connectivity index (χ1v) is 8.23. The molecule has 2 aromatic rings. The number of fused-ring (bicyclic) bond motifs is 1. The molecule has 0 spiro atoms. The van der Waals surface area contributed by atoms with Crippen LogP contribution in [0.5, 0.6) is 5.75 Å². The van der Waals surface area contributed by atoms with Crippen molar-refractivity contribution in [2.45, 2.75) is 25.8 Å². The van der Waals surface area contributed by atoms with Crippen LogP contribution in [-0.2, 0) is 6.42 Å². The second kappa shape index (κ2) is 6.33. The molecule has 1 aliphatic heterocycles. The zero-order valence-electron chi connectivity index (χ0n) is 14.0. The third-order valence-corrected chi connectivity index (χ3v) is 4.37. The van der Waals surface area contributed by atoms with Gasteiger partial charge in [0, 0.05) is 33.5 Å². The first kappa shape index (κ1) is 16.6. The average Bonchev–Trinajstić information content (AvgIpc) is 2.54. The van der Waals surface area contributed by atoms with Crippen LogP contribution in [-0.4, -0.2) is 18.4 Å². The summed E-state index contributed by atoms with van der Waals surface area (Å²) in [6.45, 7) is 4.25. The molecule has 0 bridgehead atoms. The summed E-state index contributed by atoms with van der Waals surface area (Å²) in [6, 6.07) is 12.9. The van der Waals surface area contributed by atoms with Crippen LogP contribution in [0.3, 0.4) is 0 Å². The molecule has 24 heavy (non-hydrogen) atoms. The standard InChI is InChI=1S/C20H20ClNO2/c1-20(2)12-14-6-9-16(24-3)10-17(14)18(22-20)11-19(23)13-4-7-15(21)8-5-13/h4-11,22H,12H2,1-3H3. The predicted molar refractivity (Wildman–Crippen MR) is 97.7 cm³/mol. The van der Waals surface area contributed by atoms with E-state index < -0.39 is 0 Å². The molecule has 4 heteroatoms. The third-order valence-electron chi connectivity index (χ3n) is 4.12. The number of hydrogen-bond donors (Lipinski definition) is 1. The quantitative estimate of drug-likeness (QED) is 0.660. The Morgan fingerprint density at radius 3 is 2.58 bits per heavy atom. The van der Waals surface area contributed by atoms with Gasteiger partial charge >= 0.3 is 0 Å². The van der Waals surface area contributed by atoms with Crippen LogP contribution >= 0.6 is 11.6 Å². The Labute approximate surface area is 147 Å². The number of nitrogens with one attached hydrogen (secondary N) is 1. The molecule has 3 nitrogen and oxygen atoms in total. The van der Waals surface area contributed by atoms with Crippen molar-refractivity contribution in [2.75, 3.05) is 7.11 Å². The van der Waals surface area contributed by atoms with Gasteiger partial charge in [0.05, 0.1) is 7.11 Å². The van der Waals surface area contributed by atoms with Gasteiger partial charge in [0.2, 0.25) is 0 Å². The number of ketones is 1. The largest absolute Gasteiger partial charge is 0.497 e. The number of halogens is 1. The summed E-state index contributed by atoms with van der Waals surface area (Å²) in [5.41, 5.74) is 3.53. The first-order chi connectivity index (χ1) is 11.4. The molecule has 0 unspecified atom stereocenters. The second-order valence-corrected chi connectivity index (χ2v) is 7.07. The molecule has 0 amide bonds. The summed E-state index contributed by atoms with van der Waals surface area (Å²) >= 11 is 5.89. The fourth-order valence-corrected chi connectivity index (χ4v) is 3.11. The van der Waals surface area contributed by atoms with Crippen molar-refractivity contribution in [1.29, 1.82) is 0 Å². The van der Waals surface area contributed by atoms with E-state index in [2.05, 4.69) is 25.2 Å². The lowest BCUT2D eigenvalue weighted by molar-refractivity contribution is 0.104. The van der Waals surface area contributed by atoms with Gasteiger partial charge in [0.15, 0.2) is 5.78 Å². The number of hydrogen-bond acceptors (Lipinski definition) is 3. The molecule has 124 valence electrons. The lowest BCUT2D eigenvalue weighted by Gasteiger charge is -2.35. The number of rotatable bonds is 3. The Balaban J connectivity index is 2.03. The second-order valence-electron chi connectivity index (χ2n) is 6.64. The smallest absolute Gasteiger partial charge is 0.187 e. The van der Waals surface area contributed by atoms with Crippen molar-refractivity contribution in [1.82, 2.24) is 5.32 Å². The molecule has 0 radical (unpaired) electrons. The number of carbonyl (C=O) groups is 1. The van der Waals surface area contributed by atoms with E-state index in [1.165, 1.54) is 5.56 Å². The third kappa shape index (κ3) is 3.46. The number of methoxy groups -OCH3 is 1. The molecule has 3 rings (SSSR count). The molecular weight excluding hydrogens is 322 g/mol. The monoisotopic (exact) mass is 341 g/mol. The van der Waals surface area contributed by atoms with Gasteiger partial charge in [0.1, 0.15) is 5.75 Å². The van der Waals surface area contributed by atoms with E-state index in [9.17, 15) is 4.79 Å². The predicted octanol–water partition coefficient (Wildman–Crippen LogP) is 4.50. The van der Waals surface area contributed by atoms with Gasteiger partial charge in [0.25, 0.3) is 0 Å². The Kier molecular flexibility index (Phi) is 4.37. The minimum Gasteiger partial charge on any atom is -0.497 e. The summed E-state index contributed by atoms with van der Waals surface area (Å²) in [5, 5.41) is 4.09. The number of benzene rings is 2. The van der Waals surface area contributed by atoms with Crippen molar-refractivity contribution >= 4 is 23.1 Å². The Morgan fingerprint density at radius 1 is 1.21 bits per heavy atom. The topological polar surface area (TPSA) is 38.3 Å². The number of carbonyl (C=O) groups excluding carboxylic acids is 1. The molecule has 2 aromatic carbocycles. The minimum atomic E-state index is -0.117. The summed E-state index contributed by atoms with van der Waals surface area (Å²) < 4.78 is 5.33. The summed E-state index contributed by atoms with van der Waals surface area (Å²) in [4.78, 5) is 12.6. The molecule has 0 saturated carbocycles. The SMILES string of the molecule is COc1ccc2c(c1)C(=CC(=O)c1ccc(Cl)cc1)NC(C)(C)C2. The van der Waals surface area contributed by atoms with E-state index in [4.69, 9.17) is 16.3 Å². The van der Waals surface area contributed by atoms with Gasteiger partial charge in [-0.15, -0.1) is 0 Å². The molecule has 1 aliphatic rings. The van der Waals surface area contributed by atoms with Gasteiger partial charge < -0.3 is 10.1 Å². The van der Waals surface area contributed by atoms with Crippen molar-refractivity contribution in [3.05, 3.63) is 70.3 Å². The molecule has 0 atom stereocenters. The highest BCUT2D eigenvalue weighted by molar-refractivity contribution is 6.30. The molecule has 0 aromatic heterocycles. The van der Waals surface area contributed by atoms with Gasteiger partial charge in [-0.1, -0.05) is 17.7 Å². The van der Waals surface area contributed by atoms with E-state index >= 15 is 0 Å². The molecule has 1 heterocycles. The first-order valence-electron chi connectivity index (χ1n) is 7.85. The maximum Gasteiger partial charge on any atom is 0.187 e. The molecule has 1 N–H and O–H groups in total. The molecule has 0 fully saturated rings. The normalized spacial score (nSPS) is 17.1. The lowest BCUT2D eigenvalue weighted by atomic mass is 9.85. The fraction of sp³-hybridized carbons (Fsp3) is 0.250. The summed E-state index contributed by atoms with van der Waals surface area (Å²) in [5.74, 6) is 0.723. The zero-order valence-corrected chi connectivity index (χ0v) is 14.8. The van der Waals surface area contributed by atoms with E-state index in [1.807, 2.05) is 12.1 Å². The molecule has 0 saturated heterocycles. The van der Waals surface area contributed by atoms with Crippen molar-refractivity contribution < 1.29 is 9.53 Å². The van der Waals surface area contributed by atoms with E-state index in [-0.39, 0.29) is 11.3 Å². The highest BCUT2D eigenvalue weighted by Crippen LogP contribution is 2.32. The van der Waals surface area contributed by atoms with E-state index in [0.717, 1.165) is 23.4 Å². The van der Waals surface area contributed by atoms with E-state index in [0.29, 0.717) is 10.6 Å². The Hall–Kier alpha value is -2.26. The Morgan fingerprint density at radius 2 is 1.92 bits per heavy atom. The van der Waals surface area contributed by atoms with Crippen LogP contribution in [0, 0.1) is 0 Å². The van der Waals surface area contributed by atoms with Gasteiger partial charge in [-0.2, -0.15) is 0 Å². The highest BCUT2D eigenvalue weighted by atomic mass is 35.5. The van der Waals surface area contributed by atoms with Gasteiger partial charge in [-0.3, -0.25) is 4.79 Å². The van der Waals surface area contributed by atoms with Crippen LogP contribution in [0.25, 0.3) is 5.70 Å². The maximum absolute atomic E-state index is 12.6. The molecule has 0 aliphatic carbocycles. The van der Waals surface area contributed by atoms with Crippen molar-refractivity contribution in [2.24, 2.45) is 0 Å². The average molecular weight is 342 g/mol. The van der Waals surface area contributed by atoms with Crippen LogP contribution < -0.4 is 10.1 Å². The fourth-order valence-electron chi connectivity index (χ4n) is 2.98. The Bertz CT molecular complexity index is 807. The van der Waals surface area contributed by atoms with Crippen molar-refractivity contribution in [3.8, 4) is 5.75 Å². The minimum absolute atomic E-state index is 0.0550. The number of allylic oxidation sites excluding steroid dienone is 1. The zero-order chi connectivity index (χ0) is 17.3. The van der Waals surface area contributed by atoms with Gasteiger partial charge in [-0.05, 0) is 62.2 Å². The van der Waals surface area contributed by atoms with Crippen LogP contribution in [0.2, 0.25) is 5.02 Å². The van der Waals surface area contributed by atoms with Crippen molar-refractivity contribution in [3.63, 3.8) is 0 Å². The van der Waals surface area contributed by atoms with Crippen LogP contribution in [0.4, 0.5) is 0 Å². The lowest BCUT2D eigenvalue weighted by Crippen LogP contribution is -2.43. The van der Waals surface area contributed by atoms with E-state index in [1.54, 1.807) is 37.5 Å². The van der Waals surface area contributed by atoms with Gasteiger partial charge in [-0.25, -0.2) is 0 Å². The summed E-state index contributed by atoms with van der Waals surface area (Å²) in [7, 11) is 1.64. The summed E-state index contributed by atoms with van der Waals surface area (Å²) in [6.07, 6.45) is 2.54. The highest BCUT2D eigenvalue weighted by Gasteiger charge is 2.28.